The second kappa shape index (κ2) is 3.65. The summed E-state index contributed by atoms with van der Waals surface area (Å²) >= 11 is 0. The quantitative estimate of drug-likeness (QED) is 0.691. The predicted octanol–water partition coefficient (Wildman–Crippen LogP) is 3.59. The minimum absolute atomic E-state index is 0.972. The highest BCUT2D eigenvalue weighted by Gasteiger charge is 1.97. The molecule has 1 heteroatoms. The molecule has 1 heterocycles. The molecule has 0 bridgehead atoms. The van der Waals surface area contributed by atoms with E-state index in [9.17, 15) is 0 Å². The Bertz CT molecular complexity index is 387. The van der Waals surface area contributed by atoms with Crippen LogP contribution in [0.2, 0.25) is 0 Å². The van der Waals surface area contributed by atoms with Crippen molar-refractivity contribution in [1.29, 1.82) is 0 Å². The van der Waals surface area contributed by atoms with Crippen molar-refractivity contribution in [2.24, 2.45) is 0 Å². The lowest BCUT2D eigenvalue weighted by molar-refractivity contribution is 0.616. The molecule has 0 amide bonds. The van der Waals surface area contributed by atoms with E-state index in [2.05, 4.69) is 25.5 Å². The first-order valence-electron chi connectivity index (χ1n) is 4.68. The van der Waals surface area contributed by atoms with E-state index < -0.39 is 0 Å². The molecule has 0 atom stereocenters. The topological polar surface area (TPSA) is 13.1 Å². The van der Waals surface area contributed by atoms with Crippen molar-refractivity contribution >= 4 is 11.0 Å². The van der Waals surface area contributed by atoms with Crippen LogP contribution in [0.4, 0.5) is 0 Å². The summed E-state index contributed by atoms with van der Waals surface area (Å²) in [6, 6.07) is 8.35. The lowest BCUT2D eigenvalue weighted by Crippen LogP contribution is -1.83. The number of unbranched alkanes of at least 4 members (excludes halogenated alkanes) is 1. The molecule has 0 saturated carbocycles. The van der Waals surface area contributed by atoms with Crippen molar-refractivity contribution in [3.8, 4) is 0 Å². The zero-order valence-electron chi connectivity index (χ0n) is 7.79. The van der Waals surface area contributed by atoms with Crippen molar-refractivity contribution in [3.63, 3.8) is 0 Å². The summed E-state index contributed by atoms with van der Waals surface area (Å²) in [5, 5.41) is 1.20. The van der Waals surface area contributed by atoms with Crippen LogP contribution in [0, 0.1) is 6.42 Å². The number of hydrogen-bond acceptors (Lipinski definition) is 1. The molecule has 2 aromatic rings. The number of rotatable bonds is 3. The molecule has 13 heavy (non-hydrogen) atoms. The van der Waals surface area contributed by atoms with Gasteiger partial charge in [0, 0.05) is 5.39 Å². The maximum absolute atomic E-state index is 5.27. The summed E-state index contributed by atoms with van der Waals surface area (Å²) in [5.41, 5.74) is 2.33. The van der Waals surface area contributed by atoms with Crippen LogP contribution in [0.15, 0.2) is 34.9 Å². The Morgan fingerprint density at radius 3 is 3.08 bits per heavy atom. The first-order valence-corrected chi connectivity index (χ1v) is 4.68. The molecule has 0 fully saturated rings. The summed E-state index contributed by atoms with van der Waals surface area (Å²) < 4.78 is 5.27. The zero-order valence-corrected chi connectivity index (χ0v) is 7.79. The molecule has 0 aliphatic rings. The summed E-state index contributed by atoms with van der Waals surface area (Å²) in [7, 11) is 0. The van der Waals surface area contributed by atoms with Crippen LogP contribution in [0.5, 0.6) is 0 Å². The van der Waals surface area contributed by atoms with E-state index in [1.807, 2.05) is 12.1 Å². The molecule has 0 aliphatic carbocycles. The van der Waals surface area contributed by atoms with E-state index in [-0.39, 0.29) is 0 Å². The second-order valence-electron chi connectivity index (χ2n) is 3.19. The third-order valence-electron chi connectivity index (χ3n) is 2.19. The van der Waals surface area contributed by atoms with Crippen LogP contribution < -0.4 is 0 Å². The molecule has 1 aromatic heterocycles. The van der Waals surface area contributed by atoms with Crippen LogP contribution in [0.3, 0.4) is 0 Å². The largest absolute Gasteiger partial charge is 0.464 e. The fourth-order valence-corrected chi connectivity index (χ4v) is 1.45. The highest BCUT2D eigenvalue weighted by molar-refractivity contribution is 5.77. The van der Waals surface area contributed by atoms with Crippen molar-refractivity contribution in [3.05, 3.63) is 42.5 Å². The third kappa shape index (κ3) is 1.74. The molecule has 1 nitrogen and oxygen atoms in total. The van der Waals surface area contributed by atoms with Gasteiger partial charge in [-0.3, -0.25) is 0 Å². The average molecular weight is 173 g/mol. The van der Waals surface area contributed by atoms with Crippen LogP contribution in [-0.4, -0.2) is 0 Å². The minimum Gasteiger partial charge on any atom is -0.464 e. The third-order valence-corrected chi connectivity index (χ3v) is 2.19. The van der Waals surface area contributed by atoms with Gasteiger partial charge in [0.25, 0.3) is 0 Å². The van der Waals surface area contributed by atoms with E-state index in [0.717, 1.165) is 18.4 Å². The van der Waals surface area contributed by atoms with Gasteiger partial charge in [0.15, 0.2) is 0 Å². The minimum atomic E-state index is 0.972. The highest BCUT2D eigenvalue weighted by atomic mass is 16.3. The van der Waals surface area contributed by atoms with E-state index >= 15 is 0 Å². The normalized spacial score (nSPS) is 10.8. The van der Waals surface area contributed by atoms with Gasteiger partial charge in [-0.05, 0) is 36.6 Å². The van der Waals surface area contributed by atoms with Crippen molar-refractivity contribution in [1.82, 2.24) is 0 Å². The van der Waals surface area contributed by atoms with Crippen LogP contribution in [0.1, 0.15) is 18.9 Å². The van der Waals surface area contributed by atoms with Crippen LogP contribution in [-0.2, 0) is 6.42 Å². The molecule has 67 valence electrons. The molecular formula is C12H13O. The number of hydrogen-bond donors (Lipinski definition) is 0. The average Bonchev–Trinajstić information content (AvgIpc) is 2.61. The second-order valence-corrected chi connectivity index (χ2v) is 3.19. The summed E-state index contributed by atoms with van der Waals surface area (Å²) in [5.74, 6) is 0. The number of fused-ring (bicyclic) bond motifs is 1. The van der Waals surface area contributed by atoms with Crippen molar-refractivity contribution in [2.45, 2.75) is 19.8 Å². The molecule has 1 radical (unpaired) electrons. The SMILES string of the molecule is CC[CH]Cc1ccc2occc2c1. The first kappa shape index (κ1) is 8.36. The highest BCUT2D eigenvalue weighted by Crippen LogP contribution is 2.17. The Morgan fingerprint density at radius 1 is 1.31 bits per heavy atom. The van der Waals surface area contributed by atoms with Gasteiger partial charge in [0.1, 0.15) is 5.58 Å². The molecule has 0 saturated heterocycles. The fraction of sp³-hybridized carbons (Fsp3) is 0.250. The van der Waals surface area contributed by atoms with Gasteiger partial charge in [0.05, 0.1) is 6.26 Å². The van der Waals surface area contributed by atoms with Crippen LogP contribution in [0.25, 0.3) is 11.0 Å². The maximum atomic E-state index is 5.27. The van der Waals surface area contributed by atoms with Crippen molar-refractivity contribution in [2.75, 3.05) is 0 Å². The standard InChI is InChI=1S/C12H13O/c1-2-3-4-10-5-6-12-11(9-10)7-8-13-12/h3,5-9H,2,4H2,1H3. The Hall–Kier alpha value is -1.24. The zero-order chi connectivity index (χ0) is 9.10. The van der Waals surface area contributed by atoms with Gasteiger partial charge in [0.2, 0.25) is 0 Å². The van der Waals surface area contributed by atoms with E-state index in [0.29, 0.717) is 0 Å². The Labute approximate surface area is 78.4 Å². The molecule has 0 spiro atoms. The van der Waals surface area contributed by atoms with E-state index in [4.69, 9.17) is 4.42 Å². The summed E-state index contributed by atoms with van der Waals surface area (Å²) in [6.45, 7) is 2.16. The van der Waals surface area contributed by atoms with Gasteiger partial charge in [-0.1, -0.05) is 19.4 Å². The molecule has 1 aromatic carbocycles. The Kier molecular flexibility index (Phi) is 2.35. The van der Waals surface area contributed by atoms with Crippen molar-refractivity contribution < 1.29 is 4.42 Å². The lowest BCUT2D eigenvalue weighted by Gasteiger charge is -1.98. The monoisotopic (exact) mass is 173 g/mol. The number of furan rings is 1. The number of benzene rings is 1. The molecule has 0 unspecified atom stereocenters. The van der Waals surface area contributed by atoms with Gasteiger partial charge in [-0.15, -0.1) is 0 Å². The van der Waals surface area contributed by atoms with Gasteiger partial charge >= 0.3 is 0 Å². The fourth-order valence-electron chi connectivity index (χ4n) is 1.45. The Balaban J connectivity index is 2.26. The molecule has 0 aliphatic heterocycles. The summed E-state index contributed by atoms with van der Waals surface area (Å²) in [6.07, 6.45) is 6.19. The lowest BCUT2D eigenvalue weighted by atomic mass is 10.1. The van der Waals surface area contributed by atoms with Gasteiger partial charge < -0.3 is 4.42 Å². The summed E-state index contributed by atoms with van der Waals surface area (Å²) in [4.78, 5) is 0. The predicted molar refractivity (Wildman–Crippen MR) is 54.5 cm³/mol. The molecular weight excluding hydrogens is 160 g/mol. The Morgan fingerprint density at radius 2 is 2.23 bits per heavy atom. The van der Waals surface area contributed by atoms with E-state index in [1.165, 1.54) is 10.9 Å². The first-order chi connectivity index (χ1) is 6.40. The van der Waals surface area contributed by atoms with Gasteiger partial charge in [-0.2, -0.15) is 0 Å². The van der Waals surface area contributed by atoms with Crippen LogP contribution >= 0.6 is 0 Å². The van der Waals surface area contributed by atoms with Gasteiger partial charge in [-0.25, -0.2) is 0 Å². The molecule has 2 rings (SSSR count). The maximum Gasteiger partial charge on any atom is 0.133 e. The van der Waals surface area contributed by atoms with E-state index in [1.54, 1.807) is 6.26 Å². The molecule has 0 N–H and O–H groups in total. The smallest absolute Gasteiger partial charge is 0.133 e.